The summed E-state index contributed by atoms with van der Waals surface area (Å²) in [5, 5.41) is 11.4. The van der Waals surface area contributed by atoms with Crippen LogP contribution in [0.15, 0.2) is 0 Å². The second kappa shape index (κ2) is 6.82. The molecule has 78 valence electrons. The molecular weight excluding hydrogens is 172 g/mol. The quantitative estimate of drug-likeness (QED) is 0.500. The van der Waals surface area contributed by atoms with Crippen LogP contribution in [0, 0.1) is 0 Å². The lowest BCUT2D eigenvalue weighted by Gasteiger charge is -2.13. The van der Waals surface area contributed by atoms with Crippen molar-refractivity contribution < 1.29 is 14.6 Å². The van der Waals surface area contributed by atoms with Crippen molar-refractivity contribution >= 4 is 5.97 Å². The maximum Gasteiger partial charge on any atom is 0.321 e. The third kappa shape index (κ3) is 6.51. The van der Waals surface area contributed by atoms with Crippen molar-refractivity contribution in [2.24, 2.45) is 5.73 Å². The van der Waals surface area contributed by atoms with Gasteiger partial charge in [-0.05, 0) is 13.8 Å². The van der Waals surface area contributed by atoms with E-state index in [4.69, 9.17) is 15.6 Å². The van der Waals surface area contributed by atoms with Crippen LogP contribution in [-0.2, 0) is 9.53 Å². The Morgan fingerprint density at radius 1 is 1.62 bits per heavy atom. The Hall–Kier alpha value is -0.650. The number of carboxylic acid groups (broad SMARTS) is 1. The van der Waals surface area contributed by atoms with Crippen LogP contribution in [0.1, 0.15) is 13.8 Å². The maximum absolute atomic E-state index is 10.3. The van der Waals surface area contributed by atoms with Crippen LogP contribution in [0.2, 0.25) is 0 Å². The van der Waals surface area contributed by atoms with Gasteiger partial charge < -0.3 is 20.9 Å². The van der Waals surface area contributed by atoms with Gasteiger partial charge in [0.2, 0.25) is 0 Å². The molecule has 0 aliphatic carbocycles. The number of rotatable bonds is 7. The van der Waals surface area contributed by atoms with E-state index < -0.39 is 12.0 Å². The number of nitrogens with one attached hydrogen (secondary N) is 1. The number of ether oxygens (including phenoxy) is 1. The molecule has 0 bridgehead atoms. The molecule has 0 aliphatic heterocycles. The Morgan fingerprint density at radius 2 is 2.23 bits per heavy atom. The number of carbonyl (C=O) groups is 1. The lowest BCUT2D eigenvalue weighted by Crippen LogP contribution is -2.42. The molecule has 0 aliphatic rings. The van der Waals surface area contributed by atoms with E-state index in [1.807, 2.05) is 13.8 Å². The van der Waals surface area contributed by atoms with E-state index in [0.29, 0.717) is 13.2 Å². The molecular formula is C8H18N2O3. The summed E-state index contributed by atoms with van der Waals surface area (Å²) in [5.41, 5.74) is 5.27. The normalized spacial score (nSPS) is 15.3. The zero-order chi connectivity index (χ0) is 10.3. The molecule has 0 heterocycles. The fourth-order valence-corrected chi connectivity index (χ4v) is 0.873. The molecule has 2 unspecified atom stereocenters. The van der Waals surface area contributed by atoms with Crippen LogP contribution >= 0.6 is 0 Å². The zero-order valence-electron chi connectivity index (χ0n) is 8.12. The highest BCUT2D eigenvalue weighted by atomic mass is 16.5. The first-order valence-corrected chi connectivity index (χ1v) is 4.38. The van der Waals surface area contributed by atoms with Gasteiger partial charge in [0.15, 0.2) is 0 Å². The predicted octanol–water partition coefficient (Wildman–Crippen LogP) is -0.587. The Kier molecular flexibility index (Phi) is 6.48. The van der Waals surface area contributed by atoms with Gasteiger partial charge in [0, 0.05) is 19.7 Å². The van der Waals surface area contributed by atoms with Crippen molar-refractivity contribution in [1.82, 2.24) is 5.32 Å². The highest BCUT2D eigenvalue weighted by Crippen LogP contribution is 1.87. The fourth-order valence-electron chi connectivity index (χ4n) is 0.873. The predicted molar refractivity (Wildman–Crippen MR) is 49.6 cm³/mol. The summed E-state index contributed by atoms with van der Waals surface area (Å²) >= 11 is 0. The average molecular weight is 190 g/mol. The number of aliphatic carboxylic acids is 1. The van der Waals surface area contributed by atoms with Crippen molar-refractivity contribution in [3.63, 3.8) is 0 Å². The molecule has 0 aromatic rings. The van der Waals surface area contributed by atoms with Gasteiger partial charge in [-0.2, -0.15) is 0 Å². The molecule has 0 aromatic heterocycles. The highest BCUT2D eigenvalue weighted by molar-refractivity contribution is 5.73. The molecule has 4 N–H and O–H groups in total. The lowest BCUT2D eigenvalue weighted by molar-refractivity contribution is -0.138. The summed E-state index contributed by atoms with van der Waals surface area (Å²) in [4.78, 5) is 10.3. The molecule has 13 heavy (non-hydrogen) atoms. The smallest absolute Gasteiger partial charge is 0.321 e. The van der Waals surface area contributed by atoms with Crippen LogP contribution < -0.4 is 11.1 Å². The van der Waals surface area contributed by atoms with Crippen molar-refractivity contribution in [3.8, 4) is 0 Å². The Bertz CT molecular complexity index is 152. The highest BCUT2D eigenvalue weighted by Gasteiger charge is 2.10. The molecule has 0 aromatic carbocycles. The molecule has 0 spiro atoms. The standard InChI is InChI=1S/C8H18N2O3/c1-3-13-6(2)4-10-5-7(9)8(11)12/h6-7,10H,3-5,9H2,1-2H3,(H,11,12). The minimum atomic E-state index is -0.989. The second-order valence-corrected chi connectivity index (χ2v) is 2.87. The van der Waals surface area contributed by atoms with E-state index in [2.05, 4.69) is 5.32 Å². The summed E-state index contributed by atoms with van der Waals surface area (Å²) in [5.74, 6) is -0.989. The first kappa shape index (κ1) is 12.3. The van der Waals surface area contributed by atoms with Crippen molar-refractivity contribution in [1.29, 1.82) is 0 Å². The third-order valence-corrected chi connectivity index (χ3v) is 1.56. The summed E-state index contributed by atoms with van der Waals surface area (Å²) < 4.78 is 5.23. The number of hydrogen-bond donors (Lipinski definition) is 3. The molecule has 0 rings (SSSR count). The largest absolute Gasteiger partial charge is 0.480 e. The fraction of sp³-hybridized carbons (Fsp3) is 0.875. The number of carboxylic acids is 1. The topological polar surface area (TPSA) is 84.6 Å². The Labute approximate surface area is 78.3 Å². The first-order chi connectivity index (χ1) is 6.07. The van der Waals surface area contributed by atoms with Crippen LogP contribution in [0.5, 0.6) is 0 Å². The number of nitrogens with two attached hydrogens (primary N) is 1. The molecule has 5 heteroatoms. The van der Waals surface area contributed by atoms with Crippen LogP contribution in [0.4, 0.5) is 0 Å². The van der Waals surface area contributed by atoms with Gasteiger partial charge in [0.25, 0.3) is 0 Å². The maximum atomic E-state index is 10.3. The van der Waals surface area contributed by atoms with Crippen molar-refractivity contribution in [2.75, 3.05) is 19.7 Å². The van der Waals surface area contributed by atoms with Gasteiger partial charge in [-0.15, -0.1) is 0 Å². The summed E-state index contributed by atoms with van der Waals surface area (Å²) in [6, 6.07) is -0.839. The van der Waals surface area contributed by atoms with Gasteiger partial charge in [-0.1, -0.05) is 0 Å². The van der Waals surface area contributed by atoms with E-state index in [1.165, 1.54) is 0 Å². The molecule has 0 saturated heterocycles. The zero-order valence-corrected chi connectivity index (χ0v) is 8.12. The van der Waals surface area contributed by atoms with Crippen LogP contribution in [0.25, 0.3) is 0 Å². The third-order valence-electron chi connectivity index (χ3n) is 1.56. The Balaban J connectivity index is 3.39. The summed E-state index contributed by atoms with van der Waals surface area (Å²) in [6.45, 7) is 5.39. The van der Waals surface area contributed by atoms with E-state index in [9.17, 15) is 4.79 Å². The molecule has 0 radical (unpaired) electrons. The summed E-state index contributed by atoms with van der Waals surface area (Å²) in [6.07, 6.45) is 0.0889. The van der Waals surface area contributed by atoms with Gasteiger partial charge >= 0.3 is 5.97 Å². The monoisotopic (exact) mass is 190 g/mol. The minimum absolute atomic E-state index is 0.0889. The van der Waals surface area contributed by atoms with Gasteiger partial charge in [0.05, 0.1) is 6.10 Å². The minimum Gasteiger partial charge on any atom is -0.480 e. The SMILES string of the molecule is CCOC(C)CNCC(N)C(=O)O. The molecule has 0 amide bonds. The van der Waals surface area contributed by atoms with Crippen molar-refractivity contribution in [3.05, 3.63) is 0 Å². The summed E-state index contributed by atoms with van der Waals surface area (Å²) in [7, 11) is 0. The Morgan fingerprint density at radius 3 is 2.69 bits per heavy atom. The lowest BCUT2D eigenvalue weighted by atomic mass is 10.3. The van der Waals surface area contributed by atoms with Crippen molar-refractivity contribution in [2.45, 2.75) is 26.0 Å². The van der Waals surface area contributed by atoms with Crippen LogP contribution in [-0.4, -0.2) is 42.9 Å². The van der Waals surface area contributed by atoms with E-state index in [0.717, 1.165) is 0 Å². The number of hydrogen-bond acceptors (Lipinski definition) is 4. The first-order valence-electron chi connectivity index (χ1n) is 4.38. The van der Waals surface area contributed by atoms with Crippen LogP contribution in [0.3, 0.4) is 0 Å². The van der Waals surface area contributed by atoms with E-state index in [-0.39, 0.29) is 12.6 Å². The molecule has 2 atom stereocenters. The second-order valence-electron chi connectivity index (χ2n) is 2.87. The van der Waals surface area contributed by atoms with Gasteiger partial charge in [-0.3, -0.25) is 4.79 Å². The molecule has 5 nitrogen and oxygen atoms in total. The molecule has 0 fully saturated rings. The average Bonchev–Trinajstić information content (AvgIpc) is 2.04. The van der Waals surface area contributed by atoms with E-state index >= 15 is 0 Å². The van der Waals surface area contributed by atoms with E-state index in [1.54, 1.807) is 0 Å². The molecule has 0 saturated carbocycles. The van der Waals surface area contributed by atoms with Gasteiger partial charge in [0.1, 0.15) is 6.04 Å². The van der Waals surface area contributed by atoms with Gasteiger partial charge in [-0.25, -0.2) is 0 Å².